The zero-order valence-corrected chi connectivity index (χ0v) is 16.2. The van der Waals surface area contributed by atoms with Crippen molar-refractivity contribution < 1.29 is 18.3 Å². The monoisotopic (exact) mass is 461 g/mol. The van der Waals surface area contributed by atoms with Crippen LogP contribution in [0.25, 0.3) is 0 Å². The molecule has 16 heavy (non-hydrogen) atoms. The number of hydrogen-bond donors (Lipinski definition) is 1. The Bertz CT molecular complexity index is 220. The van der Waals surface area contributed by atoms with E-state index in [4.69, 9.17) is 30.1 Å². The van der Waals surface area contributed by atoms with Gasteiger partial charge in [0.2, 0.25) is 0 Å². The summed E-state index contributed by atoms with van der Waals surface area (Å²) >= 11 is 5.97. The van der Waals surface area contributed by atoms with Crippen LogP contribution in [0.5, 0.6) is 0 Å². The molecule has 0 bridgehead atoms. The quantitative estimate of drug-likeness (QED) is 0.298. The van der Waals surface area contributed by atoms with Crippen LogP contribution in [0.2, 0.25) is 0 Å². The second-order valence-corrected chi connectivity index (χ2v) is 7.84. The van der Waals surface area contributed by atoms with E-state index in [0.29, 0.717) is 19.8 Å². The molecule has 0 aromatic rings. The Balaban J connectivity index is 3.66. The molecule has 0 rings (SSSR count). The fraction of sp³-hybridized carbons (Fsp3) is 1.00. The second kappa shape index (κ2) is 10.3. The molecule has 5 nitrogen and oxygen atoms in total. The third kappa shape index (κ3) is 9.41. The van der Waals surface area contributed by atoms with Crippen molar-refractivity contribution in [3.8, 4) is 0 Å². The Labute approximate surface area is 119 Å². The van der Waals surface area contributed by atoms with Gasteiger partial charge in [0.25, 0.3) is 0 Å². The van der Waals surface area contributed by atoms with E-state index in [1.807, 2.05) is 13.8 Å². The first-order chi connectivity index (χ1) is 7.54. The SMILES string of the molecule is COP(=S)(OCCOCC[NH][Tl])OC(C)C. The van der Waals surface area contributed by atoms with Gasteiger partial charge in [-0.15, -0.1) is 0 Å². The van der Waals surface area contributed by atoms with Gasteiger partial charge in [-0.3, -0.25) is 0 Å². The van der Waals surface area contributed by atoms with Gasteiger partial charge >= 0.3 is 119 Å². The zero-order valence-electron chi connectivity index (χ0n) is 9.97. The Morgan fingerprint density at radius 2 is 2.00 bits per heavy atom. The molecule has 1 atom stereocenters. The maximum atomic E-state index is 5.43. The fourth-order valence-corrected chi connectivity index (χ4v) is 3.09. The topological polar surface area (TPSA) is 49.0 Å². The number of nitrogens with one attached hydrogen (secondary N) is 1. The minimum atomic E-state index is -2.57. The van der Waals surface area contributed by atoms with Crippen LogP contribution >= 0.6 is 6.72 Å². The molecule has 94 valence electrons. The van der Waals surface area contributed by atoms with E-state index in [1.165, 1.54) is 7.11 Å². The first-order valence-electron chi connectivity index (χ1n) is 5.04. The molecule has 0 aliphatic carbocycles. The molecule has 0 aromatic heterocycles. The number of hydrogen-bond acceptors (Lipinski definition) is 6. The van der Waals surface area contributed by atoms with Crippen molar-refractivity contribution in [2.75, 3.05) is 33.5 Å². The average Bonchev–Trinajstić information content (AvgIpc) is 2.22. The predicted octanol–water partition coefficient (Wildman–Crippen LogP) is 0.989. The van der Waals surface area contributed by atoms with Crippen LogP contribution in [0.1, 0.15) is 13.8 Å². The van der Waals surface area contributed by atoms with E-state index in [9.17, 15) is 0 Å². The van der Waals surface area contributed by atoms with Crippen LogP contribution in [-0.2, 0) is 30.1 Å². The maximum absolute atomic E-state index is 5.43. The summed E-state index contributed by atoms with van der Waals surface area (Å²) in [7, 11) is 1.51. The first-order valence-corrected chi connectivity index (χ1v) is 9.84. The summed E-state index contributed by atoms with van der Waals surface area (Å²) in [6.07, 6.45) is 0.00180. The van der Waals surface area contributed by atoms with Gasteiger partial charge in [-0.2, -0.15) is 0 Å². The molecule has 0 saturated carbocycles. The zero-order chi connectivity index (χ0) is 12.4. The summed E-state index contributed by atoms with van der Waals surface area (Å²) in [6.45, 7) is 3.74. The molecule has 1 unspecified atom stereocenters. The molecule has 0 spiro atoms. The van der Waals surface area contributed by atoms with E-state index in [2.05, 4.69) is 3.13 Å². The van der Waals surface area contributed by atoms with Crippen molar-refractivity contribution in [3.05, 3.63) is 0 Å². The van der Waals surface area contributed by atoms with Gasteiger partial charge in [0, 0.05) is 0 Å². The average molecular weight is 461 g/mol. The van der Waals surface area contributed by atoms with Crippen LogP contribution in [-0.4, -0.2) is 65.6 Å². The molecule has 0 saturated heterocycles. The van der Waals surface area contributed by atoms with E-state index in [1.54, 1.807) is 0 Å². The van der Waals surface area contributed by atoms with Gasteiger partial charge in [-0.1, -0.05) is 0 Å². The molecule has 0 radical (unpaired) electrons. The van der Waals surface area contributed by atoms with Crippen LogP contribution in [0, 0.1) is 0 Å². The summed E-state index contributed by atoms with van der Waals surface area (Å²) < 4.78 is 24.4. The molecule has 0 fully saturated rings. The van der Waals surface area contributed by atoms with Gasteiger partial charge < -0.3 is 0 Å². The summed E-state index contributed by atoms with van der Waals surface area (Å²) in [5.41, 5.74) is 0. The Kier molecular flexibility index (Phi) is 11.2. The Morgan fingerprint density at radius 1 is 1.31 bits per heavy atom. The third-order valence-electron chi connectivity index (χ3n) is 1.43. The molecule has 1 N–H and O–H groups in total. The number of ether oxygens (including phenoxy) is 1. The normalized spacial score (nSPS) is 15.2. The molecule has 0 aliphatic heterocycles. The van der Waals surface area contributed by atoms with Crippen molar-refractivity contribution in [2.45, 2.75) is 20.0 Å². The van der Waals surface area contributed by atoms with Crippen molar-refractivity contribution in [3.63, 3.8) is 0 Å². The molecule has 0 aromatic carbocycles. The van der Waals surface area contributed by atoms with Gasteiger partial charge in [0.15, 0.2) is 0 Å². The fourth-order valence-electron chi connectivity index (χ4n) is 0.826. The van der Waals surface area contributed by atoms with E-state index < -0.39 is 6.72 Å². The Hall–Kier alpha value is 1.37. The van der Waals surface area contributed by atoms with Gasteiger partial charge in [-0.25, -0.2) is 0 Å². The van der Waals surface area contributed by atoms with Crippen LogP contribution in [0.15, 0.2) is 0 Å². The van der Waals surface area contributed by atoms with Crippen molar-refractivity contribution >= 4 is 44.6 Å². The minimum absolute atomic E-state index is 0.00180. The Morgan fingerprint density at radius 3 is 2.50 bits per heavy atom. The molecule has 0 heterocycles. The van der Waals surface area contributed by atoms with E-state index in [-0.39, 0.29) is 6.10 Å². The molecule has 0 amide bonds. The van der Waals surface area contributed by atoms with Crippen LogP contribution in [0.3, 0.4) is 0 Å². The second-order valence-electron chi connectivity index (χ2n) is 3.18. The van der Waals surface area contributed by atoms with E-state index >= 15 is 0 Å². The molecule has 0 aliphatic rings. The van der Waals surface area contributed by atoms with Crippen molar-refractivity contribution in [1.29, 1.82) is 0 Å². The van der Waals surface area contributed by atoms with Crippen molar-refractivity contribution in [1.82, 2.24) is 3.13 Å². The van der Waals surface area contributed by atoms with Gasteiger partial charge in [0.05, 0.1) is 0 Å². The van der Waals surface area contributed by atoms with Gasteiger partial charge in [0.1, 0.15) is 0 Å². The number of rotatable bonds is 10. The molecular formula is C8H19NO4PSTl. The van der Waals surface area contributed by atoms with Crippen LogP contribution in [0.4, 0.5) is 0 Å². The predicted molar refractivity (Wildman–Crippen MR) is 68.0 cm³/mol. The van der Waals surface area contributed by atoms with Crippen LogP contribution < -0.4 is 3.13 Å². The summed E-state index contributed by atoms with van der Waals surface area (Å²) in [6, 6.07) is 0. The third-order valence-corrected chi connectivity index (χ3v) is 5.20. The summed E-state index contributed by atoms with van der Waals surface area (Å²) in [5.74, 6) is 0. The van der Waals surface area contributed by atoms with Gasteiger partial charge in [-0.05, 0) is 0 Å². The summed E-state index contributed by atoms with van der Waals surface area (Å²) in [4.78, 5) is 0. The molecule has 8 heteroatoms. The first kappa shape index (κ1) is 17.4. The summed E-state index contributed by atoms with van der Waals surface area (Å²) in [5, 5.41) is 0. The van der Waals surface area contributed by atoms with E-state index in [0.717, 1.165) is 32.6 Å². The molecular weight excluding hydrogens is 442 g/mol. The standard InChI is InChI=1S/C8H19NO4PS.Tl/c1-8(2)13-14(15,10-3)12-7-6-11-5-4-9;/h8-9H,4-7H2,1-3H3;/q-1;+1. The van der Waals surface area contributed by atoms with Crippen molar-refractivity contribution in [2.24, 2.45) is 0 Å².